The topological polar surface area (TPSA) is 63.3 Å². The van der Waals surface area contributed by atoms with Gasteiger partial charge in [0.25, 0.3) is 0 Å². The highest BCUT2D eigenvalue weighted by Crippen LogP contribution is 2.48. The van der Waals surface area contributed by atoms with Gasteiger partial charge in [0.1, 0.15) is 5.78 Å². The second kappa shape index (κ2) is 6.03. The molecular formula is C12H27NO2S. The van der Waals surface area contributed by atoms with Gasteiger partial charge in [0.2, 0.25) is 0 Å². The Bertz CT molecular complexity index is 216. The van der Waals surface area contributed by atoms with Gasteiger partial charge < -0.3 is 10.3 Å². The highest BCUT2D eigenvalue weighted by Gasteiger charge is 2.24. The average molecular weight is 249 g/mol. The number of hydrogen-bond acceptors (Lipinski definition) is 3. The molecule has 0 heterocycles. The zero-order valence-electron chi connectivity index (χ0n) is 11.2. The van der Waals surface area contributed by atoms with Gasteiger partial charge in [-0.15, -0.1) is 10.3 Å². The monoisotopic (exact) mass is 249 g/mol. The molecule has 0 aliphatic heterocycles. The van der Waals surface area contributed by atoms with Crippen LogP contribution in [0.25, 0.3) is 0 Å². The van der Waals surface area contributed by atoms with Crippen LogP contribution in [-0.4, -0.2) is 33.6 Å². The van der Waals surface area contributed by atoms with E-state index in [9.17, 15) is 9.35 Å². The van der Waals surface area contributed by atoms with Gasteiger partial charge >= 0.3 is 0 Å². The fraction of sp³-hybridized carbons (Fsp3) is 0.917. The van der Waals surface area contributed by atoms with Gasteiger partial charge in [-0.2, -0.15) is 0 Å². The first-order valence-electron chi connectivity index (χ1n) is 5.76. The lowest BCUT2D eigenvalue weighted by Crippen LogP contribution is -2.27. The lowest BCUT2D eigenvalue weighted by molar-refractivity contribution is -0.120. The van der Waals surface area contributed by atoms with Crippen LogP contribution < -0.4 is 5.73 Å². The molecule has 98 valence electrons. The minimum absolute atomic E-state index is 0.0764. The molecule has 1 atom stereocenters. The first kappa shape index (κ1) is 15.9. The summed E-state index contributed by atoms with van der Waals surface area (Å²) in [6.07, 6.45) is 7.22. The van der Waals surface area contributed by atoms with Crippen LogP contribution in [0.5, 0.6) is 0 Å². The van der Waals surface area contributed by atoms with Crippen LogP contribution in [0.3, 0.4) is 0 Å². The zero-order valence-corrected chi connectivity index (χ0v) is 12.1. The van der Waals surface area contributed by atoms with E-state index in [1.807, 2.05) is 12.5 Å². The van der Waals surface area contributed by atoms with Crippen molar-refractivity contribution in [3.05, 3.63) is 0 Å². The van der Waals surface area contributed by atoms with Gasteiger partial charge in [0, 0.05) is 23.6 Å². The van der Waals surface area contributed by atoms with Gasteiger partial charge in [-0.3, -0.25) is 4.79 Å². The molecule has 0 aromatic rings. The molecule has 0 bridgehead atoms. The Kier molecular flexibility index (Phi) is 6.01. The molecule has 16 heavy (non-hydrogen) atoms. The van der Waals surface area contributed by atoms with E-state index in [1.165, 1.54) is 0 Å². The molecule has 3 N–H and O–H groups in total. The van der Waals surface area contributed by atoms with Crippen molar-refractivity contribution < 1.29 is 9.35 Å². The van der Waals surface area contributed by atoms with Crippen LogP contribution in [0, 0.1) is 0 Å². The number of nitrogens with two attached hydrogens (primary N) is 1. The maximum Gasteiger partial charge on any atom is 0.134 e. The molecule has 0 spiro atoms. The molecule has 0 saturated heterocycles. The van der Waals surface area contributed by atoms with E-state index in [0.29, 0.717) is 12.2 Å². The Labute approximate surface area is 101 Å². The second-order valence-corrected chi connectivity index (χ2v) is 9.55. The second-order valence-electron chi connectivity index (χ2n) is 5.78. The number of rotatable bonds is 0. The molecule has 1 aliphatic rings. The van der Waals surface area contributed by atoms with Crippen LogP contribution >= 0.6 is 10.3 Å². The van der Waals surface area contributed by atoms with E-state index in [-0.39, 0.29) is 10.8 Å². The van der Waals surface area contributed by atoms with Crippen LogP contribution in [0.4, 0.5) is 0 Å². The predicted molar refractivity (Wildman–Crippen MR) is 73.3 cm³/mol. The summed E-state index contributed by atoms with van der Waals surface area (Å²) >= 11 is 0. The van der Waals surface area contributed by atoms with E-state index < -0.39 is 10.3 Å². The van der Waals surface area contributed by atoms with Crippen molar-refractivity contribution in [1.82, 2.24) is 0 Å². The first-order valence-corrected chi connectivity index (χ1v) is 8.17. The van der Waals surface area contributed by atoms with Crippen LogP contribution in [0.1, 0.15) is 46.5 Å². The summed E-state index contributed by atoms with van der Waals surface area (Å²) in [4.78, 5) is 10.6. The summed E-state index contributed by atoms with van der Waals surface area (Å²) in [6.45, 7) is 6.17. The summed E-state index contributed by atoms with van der Waals surface area (Å²) in [6, 6.07) is 0.163. The molecule has 3 nitrogen and oxygen atoms in total. The summed E-state index contributed by atoms with van der Waals surface area (Å²) < 4.78 is 9.51. The Morgan fingerprint density at radius 1 is 1.38 bits per heavy atom. The van der Waals surface area contributed by atoms with Crippen LogP contribution in [0.15, 0.2) is 0 Å². The van der Waals surface area contributed by atoms with Gasteiger partial charge in [0.05, 0.1) is 0 Å². The molecule has 0 aromatic heterocycles. The Hall–Kier alpha value is -0.0600. The standard InChI is InChI=1S/C6H11NO.C6H16OS/c7-5-2-1-3-6(8)4-5;1-6(2,3)8(4,5)7/h5H,1-4,7H2;7H,1-5H3. The smallest absolute Gasteiger partial charge is 0.134 e. The number of carbonyl (C=O) groups excluding carboxylic acids is 1. The number of hydrogen-bond donors (Lipinski definition) is 2. The first-order chi connectivity index (χ1) is 7.04. The van der Waals surface area contributed by atoms with Crippen molar-refractivity contribution in [2.45, 2.75) is 57.2 Å². The molecule has 1 aliphatic carbocycles. The van der Waals surface area contributed by atoms with Gasteiger partial charge in [-0.05, 0) is 25.4 Å². The van der Waals surface area contributed by atoms with Crippen molar-refractivity contribution in [3.63, 3.8) is 0 Å². The van der Waals surface area contributed by atoms with Crippen LogP contribution in [0.2, 0.25) is 0 Å². The lowest BCUT2D eigenvalue weighted by Gasteiger charge is -2.38. The van der Waals surface area contributed by atoms with Crippen molar-refractivity contribution in [2.24, 2.45) is 5.73 Å². The van der Waals surface area contributed by atoms with E-state index in [0.717, 1.165) is 19.3 Å². The van der Waals surface area contributed by atoms with Crippen molar-refractivity contribution >= 4 is 16.1 Å². The molecule has 1 saturated carbocycles. The van der Waals surface area contributed by atoms with Gasteiger partial charge in [0.15, 0.2) is 0 Å². The Balaban J connectivity index is 0.000000281. The zero-order chi connectivity index (χ0) is 13.0. The summed E-state index contributed by atoms with van der Waals surface area (Å²) in [5, 5.41) is 0. The maximum atomic E-state index is 10.6. The van der Waals surface area contributed by atoms with Gasteiger partial charge in [-0.1, -0.05) is 20.8 Å². The molecule has 1 unspecified atom stereocenters. The Morgan fingerprint density at radius 2 is 1.81 bits per heavy atom. The minimum atomic E-state index is -1.34. The predicted octanol–water partition coefficient (Wildman–Crippen LogP) is 2.78. The molecule has 0 aromatic carbocycles. The number of Topliss-reactive ketones (excluding diaryl/α,β-unsaturated/α-hetero) is 1. The third kappa shape index (κ3) is 6.51. The fourth-order valence-electron chi connectivity index (χ4n) is 1.06. The molecule has 4 heteroatoms. The van der Waals surface area contributed by atoms with E-state index in [2.05, 4.69) is 20.8 Å². The molecule has 1 rings (SSSR count). The van der Waals surface area contributed by atoms with Crippen molar-refractivity contribution in [3.8, 4) is 0 Å². The number of ketones is 1. The molecule has 0 radical (unpaired) electrons. The molecular weight excluding hydrogens is 222 g/mol. The average Bonchev–Trinajstić information content (AvgIpc) is 2.00. The quantitative estimate of drug-likeness (QED) is 0.694. The molecule has 0 amide bonds. The third-order valence-corrected chi connectivity index (χ3v) is 6.02. The minimum Gasteiger partial charge on any atom is -0.352 e. The number of carbonyl (C=O) groups is 1. The Morgan fingerprint density at radius 3 is 2.00 bits per heavy atom. The highest BCUT2D eigenvalue weighted by atomic mass is 32.3. The largest absolute Gasteiger partial charge is 0.352 e. The van der Waals surface area contributed by atoms with E-state index in [4.69, 9.17) is 5.73 Å². The van der Waals surface area contributed by atoms with E-state index >= 15 is 0 Å². The summed E-state index contributed by atoms with van der Waals surface area (Å²) in [7, 11) is -1.34. The molecule has 1 fully saturated rings. The summed E-state index contributed by atoms with van der Waals surface area (Å²) in [5.74, 6) is 0.337. The summed E-state index contributed by atoms with van der Waals surface area (Å²) in [5.41, 5.74) is 5.50. The highest BCUT2D eigenvalue weighted by molar-refractivity contribution is 8.29. The maximum absolute atomic E-state index is 10.6. The lowest BCUT2D eigenvalue weighted by atomic mass is 9.95. The normalized spacial score (nSPS) is 23.4. The van der Waals surface area contributed by atoms with Crippen molar-refractivity contribution in [1.29, 1.82) is 0 Å². The fourth-order valence-corrected chi connectivity index (χ4v) is 1.06. The van der Waals surface area contributed by atoms with Crippen molar-refractivity contribution in [2.75, 3.05) is 12.5 Å². The van der Waals surface area contributed by atoms with Crippen LogP contribution in [-0.2, 0) is 4.79 Å². The van der Waals surface area contributed by atoms with E-state index in [1.54, 1.807) is 0 Å². The van der Waals surface area contributed by atoms with Gasteiger partial charge in [-0.25, -0.2) is 0 Å². The SMILES string of the molecule is CC(C)(C)S(C)(C)O.NC1CCCC(=O)C1. The third-order valence-electron chi connectivity index (χ3n) is 3.02.